The highest BCUT2D eigenvalue weighted by molar-refractivity contribution is 5.73. The minimum absolute atomic E-state index is 0.386. The van der Waals surface area contributed by atoms with Gasteiger partial charge in [0.2, 0.25) is 0 Å². The third-order valence-corrected chi connectivity index (χ3v) is 5.09. The highest BCUT2D eigenvalue weighted by Crippen LogP contribution is 2.27. The zero-order valence-corrected chi connectivity index (χ0v) is 13.7. The lowest BCUT2D eigenvalue weighted by Gasteiger charge is -2.13. The van der Waals surface area contributed by atoms with Gasteiger partial charge in [0.15, 0.2) is 0 Å². The Kier molecular flexibility index (Phi) is 7.75. The Morgan fingerprint density at radius 3 is 1.23 bits per heavy atom. The molecule has 0 aromatic heterocycles. The van der Waals surface area contributed by atoms with Crippen molar-refractivity contribution >= 4 is 11.9 Å². The molecule has 0 aromatic rings. The van der Waals surface area contributed by atoms with E-state index in [1.807, 2.05) is 0 Å². The summed E-state index contributed by atoms with van der Waals surface area (Å²) in [5.41, 5.74) is 0. The molecule has 2 aliphatic rings. The first-order valence-corrected chi connectivity index (χ1v) is 9.14. The third-order valence-electron chi connectivity index (χ3n) is 5.09. The third kappa shape index (κ3) is 6.80. The molecule has 2 aliphatic carbocycles. The highest BCUT2D eigenvalue weighted by Gasteiger charge is 2.21. The SMILES string of the molecule is O=C(CC1CCCCCC1)OOC(=O)CC1CCCCCC1. The van der Waals surface area contributed by atoms with Crippen molar-refractivity contribution < 1.29 is 19.4 Å². The Bertz CT molecular complexity index is 303. The highest BCUT2D eigenvalue weighted by atomic mass is 17.2. The van der Waals surface area contributed by atoms with Crippen LogP contribution in [-0.4, -0.2) is 11.9 Å². The number of hydrogen-bond donors (Lipinski definition) is 0. The molecule has 22 heavy (non-hydrogen) atoms. The van der Waals surface area contributed by atoms with Gasteiger partial charge in [-0.05, 0) is 37.5 Å². The maximum Gasteiger partial charge on any atom is 0.355 e. The van der Waals surface area contributed by atoms with Crippen LogP contribution < -0.4 is 0 Å². The molecule has 0 atom stereocenters. The van der Waals surface area contributed by atoms with E-state index in [0.717, 1.165) is 25.7 Å². The number of carbonyl (C=O) groups is 2. The van der Waals surface area contributed by atoms with Gasteiger partial charge in [0.25, 0.3) is 0 Å². The quantitative estimate of drug-likeness (QED) is 0.429. The number of rotatable bonds is 4. The van der Waals surface area contributed by atoms with Gasteiger partial charge in [-0.2, -0.15) is 0 Å². The standard InChI is InChI=1S/C18H30O4/c19-17(13-15-9-5-1-2-6-10-15)21-22-18(20)14-16-11-7-3-4-8-12-16/h15-16H,1-14H2. The summed E-state index contributed by atoms with van der Waals surface area (Å²) in [6.45, 7) is 0. The molecule has 0 N–H and O–H groups in total. The van der Waals surface area contributed by atoms with Crippen molar-refractivity contribution in [1.29, 1.82) is 0 Å². The van der Waals surface area contributed by atoms with E-state index < -0.39 is 0 Å². The van der Waals surface area contributed by atoms with Gasteiger partial charge in [0, 0.05) is 0 Å². The van der Waals surface area contributed by atoms with E-state index in [-0.39, 0.29) is 11.9 Å². The van der Waals surface area contributed by atoms with Gasteiger partial charge in [0.05, 0.1) is 12.8 Å². The Hall–Kier alpha value is -1.06. The molecule has 0 aromatic carbocycles. The molecule has 0 aliphatic heterocycles. The Morgan fingerprint density at radius 2 is 0.909 bits per heavy atom. The van der Waals surface area contributed by atoms with Gasteiger partial charge in [-0.15, -0.1) is 0 Å². The Balaban J connectivity index is 1.61. The topological polar surface area (TPSA) is 52.6 Å². The first-order chi connectivity index (χ1) is 10.7. The van der Waals surface area contributed by atoms with Crippen LogP contribution >= 0.6 is 0 Å². The van der Waals surface area contributed by atoms with Crippen molar-refractivity contribution in [3.63, 3.8) is 0 Å². The molecule has 0 spiro atoms. The maximum absolute atomic E-state index is 11.8. The molecule has 0 saturated heterocycles. The molecule has 2 rings (SSSR count). The van der Waals surface area contributed by atoms with Gasteiger partial charge < -0.3 is 0 Å². The van der Waals surface area contributed by atoms with Crippen LogP contribution in [-0.2, 0) is 19.4 Å². The molecule has 0 radical (unpaired) electrons. The van der Waals surface area contributed by atoms with Crippen molar-refractivity contribution in [3.05, 3.63) is 0 Å². The van der Waals surface area contributed by atoms with Crippen LogP contribution in [0, 0.1) is 11.8 Å². The van der Waals surface area contributed by atoms with Crippen LogP contribution in [0.3, 0.4) is 0 Å². The second kappa shape index (κ2) is 9.86. The van der Waals surface area contributed by atoms with E-state index >= 15 is 0 Å². The van der Waals surface area contributed by atoms with Crippen molar-refractivity contribution in [3.8, 4) is 0 Å². The summed E-state index contributed by atoms with van der Waals surface area (Å²) in [5.74, 6) is 0.0216. The second-order valence-electron chi connectivity index (χ2n) is 7.03. The minimum Gasteiger partial charge on any atom is -0.247 e. The average molecular weight is 310 g/mol. The van der Waals surface area contributed by atoms with E-state index in [1.165, 1.54) is 51.4 Å². The number of hydrogen-bond acceptors (Lipinski definition) is 4. The zero-order valence-electron chi connectivity index (χ0n) is 13.7. The summed E-state index contributed by atoms with van der Waals surface area (Å²) in [5, 5.41) is 0. The predicted molar refractivity (Wildman–Crippen MR) is 83.8 cm³/mol. The molecule has 4 heteroatoms. The molecule has 0 bridgehead atoms. The molecule has 2 saturated carbocycles. The normalized spacial score (nSPS) is 21.6. The van der Waals surface area contributed by atoms with Crippen LogP contribution in [0.2, 0.25) is 0 Å². The van der Waals surface area contributed by atoms with Crippen LogP contribution in [0.1, 0.15) is 89.9 Å². The van der Waals surface area contributed by atoms with Crippen molar-refractivity contribution in [2.45, 2.75) is 89.9 Å². The minimum atomic E-state index is -0.388. The fourth-order valence-electron chi connectivity index (χ4n) is 3.77. The van der Waals surface area contributed by atoms with Crippen molar-refractivity contribution in [2.24, 2.45) is 11.8 Å². The van der Waals surface area contributed by atoms with E-state index in [2.05, 4.69) is 0 Å². The fraction of sp³-hybridized carbons (Fsp3) is 0.889. The summed E-state index contributed by atoms with van der Waals surface area (Å²) < 4.78 is 0. The molecular formula is C18H30O4. The zero-order chi connectivity index (χ0) is 15.6. The van der Waals surface area contributed by atoms with Gasteiger partial charge in [-0.1, -0.05) is 51.4 Å². The average Bonchev–Trinajstić information content (AvgIpc) is 2.90. The van der Waals surface area contributed by atoms with Crippen LogP contribution in [0.4, 0.5) is 0 Å². The predicted octanol–water partition coefficient (Wildman–Crippen LogP) is 4.71. The maximum atomic E-state index is 11.8. The first-order valence-electron chi connectivity index (χ1n) is 9.14. The molecule has 0 amide bonds. The monoisotopic (exact) mass is 310 g/mol. The summed E-state index contributed by atoms with van der Waals surface area (Å²) in [7, 11) is 0. The molecule has 0 heterocycles. The number of carbonyl (C=O) groups excluding carboxylic acids is 2. The fourth-order valence-corrected chi connectivity index (χ4v) is 3.77. The Morgan fingerprint density at radius 1 is 0.591 bits per heavy atom. The van der Waals surface area contributed by atoms with Crippen molar-refractivity contribution in [2.75, 3.05) is 0 Å². The van der Waals surface area contributed by atoms with Gasteiger partial charge >= 0.3 is 11.9 Å². The molecule has 126 valence electrons. The largest absolute Gasteiger partial charge is 0.355 e. The van der Waals surface area contributed by atoms with Crippen LogP contribution in [0.15, 0.2) is 0 Å². The second-order valence-corrected chi connectivity index (χ2v) is 7.03. The smallest absolute Gasteiger partial charge is 0.247 e. The summed E-state index contributed by atoms with van der Waals surface area (Å²) in [6.07, 6.45) is 15.0. The summed E-state index contributed by atoms with van der Waals surface area (Å²) >= 11 is 0. The summed E-state index contributed by atoms with van der Waals surface area (Å²) in [6, 6.07) is 0. The van der Waals surface area contributed by atoms with E-state index in [0.29, 0.717) is 24.7 Å². The lowest BCUT2D eigenvalue weighted by molar-refractivity contribution is -0.260. The molecule has 2 fully saturated rings. The molecule has 0 unspecified atom stereocenters. The lowest BCUT2D eigenvalue weighted by atomic mass is 9.97. The van der Waals surface area contributed by atoms with Crippen LogP contribution in [0.25, 0.3) is 0 Å². The lowest BCUT2D eigenvalue weighted by Crippen LogP contribution is -2.17. The first kappa shape index (κ1) is 17.3. The molecular weight excluding hydrogens is 280 g/mol. The van der Waals surface area contributed by atoms with Gasteiger partial charge in [-0.25, -0.2) is 19.4 Å². The molecule has 4 nitrogen and oxygen atoms in total. The summed E-state index contributed by atoms with van der Waals surface area (Å²) in [4.78, 5) is 33.0. The van der Waals surface area contributed by atoms with Crippen molar-refractivity contribution in [1.82, 2.24) is 0 Å². The van der Waals surface area contributed by atoms with Gasteiger partial charge in [-0.3, -0.25) is 0 Å². The van der Waals surface area contributed by atoms with Gasteiger partial charge in [0.1, 0.15) is 0 Å². The Labute approximate surface area is 133 Å². The van der Waals surface area contributed by atoms with E-state index in [1.54, 1.807) is 0 Å². The van der Waals surface area contributed by atoms with E-state index in [4.69, 9.17) is 9.78 Å². The van der Waals surface area contributed by atoms with E-state index in [9.17, 15) is 9.59 Å². The van der Waals surface area contributed by atoms with Crippen LogP contribution in [0.5, 0.6) is 0 Å².